The molecular formula is C20H28N4O2S. The van der Waals surface area contributed by atoms with Crippen molar-refractivity contribution >= 4 is 17.7 Å². The number of hydrogen-bond acceptors (Lipinski definition) is 6. The van der Waals surface area contributed by atoms with Gasteiger partial charge in [0, 0.05) is 12.5 Å². The van der Waals surface area contributed by atoms with Crippen molar-refractivity contribution in [1.29, 1.82) is 0 Å². The van der Waals surface area contributed by atoms with Gasteiger partial charge in [-0.1, -0.05) is 49.0 Å². The monoisotopic (exact) mass is 388 g/mol. The van der Waals surface area contributed by atoms with Crippen molar-refractivity contribution in [2.24, 2.45) is 0 Å². The SMILES string of the molecule is CC[C@@H](CNC(=O)[C@@H](C)Sc1nnc(CN2CCCC2)o1)c1ccccc1. The molecule has 7 heteroatoms. The molecule has 2 aromatic rings. The number of thioether (sulfide) groups is 1. The van der Waals surface area contributed by atoms with Crippen molar-refractivity contribution in [3.63, 3.8) is 0 Å². The third kappa shape index (κ3) is 5.81. The maximum atomic E-state index is 12.5. The summed E-state index contributed by atoms with van der Waals surface area (Å²) in [5.41, 5.74) is 1.25. The van der Waals surface area contributed by atoms with Crippen molar-refractivity contribution in [2.75, 3.05) is 19.6 Å². The maximum Gasteiger partial charge on any atom is 0.277 e. The zero-order valence-corrected chi connectivity index (χ0v) is 16.9. The molecular weight excluding hydrogens is 360 g/mol. The van der Waals surface area contributed by atoms with E-state index >= 15 is 0 Å². The summed E-state index contributed by atoms with van der Waals surface area (Å²) in [4.78, 5) is 14.8. The Balaban J connectivity index is 1.46. The van der Waals surface area contributed by atoms with Crippen molar-refractivity contribution in [1.82, 2.24) is 20.4 Å². The van der Waals surface area contributed by atoms with Gasteiger partial charge in [0.15, 0.2) is 0 Å². The summed E-state index contributed by atoms with van der Waals surface area (Å²) in [6.45, 7) is 7.52. The molecule has 2 atom stereocenters. The van der Waals surface area contributed by atoms with Gasteiger partial charge in [-0.05, 0) is 44.8 Å². The highest BCUT2D eigenvalue weighted by Gasteiger charge is 2.21. The Labute approximate surface area is 165 Å². The minimum Gasteiger partial charge on any atom is -0.415 e. The third-order valence-electron chi connectivity index (χ3n) is 4.94. The summed E-state index contributed by atoms with van der Waals surface area (Å²) >= 11 is 1.31. The summed E-state index contributed by atoms with van der Waals surface area (Å²) in [6, 6.07) is 10.3. The van der Waals surface area contributed by atoms with E-state index in [0.29, 0.717) is 30.1 Å². The van der Waals surface area contributed by atoms with Crippen LogP contribution in [0.25, 0.3) is 0 Å². The molecule has 0 spiro atoms. The molecule has 3 rings (SSSR count). The molecule has 1 aromatic carbocycles. The lowest BCUT2D eigenvalue weighted by Crippen LogP contribution is -2.34. The van der Waals surface area contributed by atoms with Crippen LogP contribution < -0.4 is 5.32 Å². The number of carbonyl (C=O) groups excluding carboxylic acids is 1. The van der Waals surface area contributed by atoms with E-state index in [1.54, 1.807) is 0 Å². The van der Waals surface area contributed by atoms with E-state index in [4.69, 9.17) is 4.42 Å². The predicted octanol–water partition coefficient (Wildman–Crippen LogP) is 3.46. The van der Waals surface area contributed by atoms with Crippen molar-refractivity contribution in [2.45, 2.75) is 56.0 Å². The highest BCUT2D eigenvalue weighted by atomic mass is 32.2. The second-order valence-electron chi connectivity index (χ2n) is 6.97. The number of nitrogens with one attached hydrogen (secondary N) is 1. The Morgan fingerprint density at radius 1 is 1.26 bits per heavy atom. The first-order valence-electron chi connectivity index (χ1n) is 9.69. The Morgan fingerprint density at radius 3 is 2.70 bits per heavy atom. The van der Waals surface area contributed by atoms with Crippen LogP contribution >= 0.6 is 11.8 Å². The van der Waals surface area contributed by atoms with Crippen LogP contribution in [0.15, 0.2) is 40.0 Å². The normalized spacial score (nSPS) is 17.0. The number of likely N-dealkylation sites (tertiary alicyclic amines) is 1. The van der Waals surface area contributed by atoms with Gasteiger partial charge in [0.05, 0.1) is 11.8 Å². The highest BCUT2D eigenvalue weighted by molar-refractivity contribution is 8.00. The van der Waals surface area contributed by atoms with Gasteiger partial charge in [0.2, 0.25) is 11.8 Å². The van der Waals surface area contributed by atoms with E-state index < -0.39 is 0 Å². The number of nitrogens with zero attached hydrogens (tertiary/aromatic N) is 3. The average molecular weight is 389 g/mol. The second kappa shape index (κ2) is 9.90. The highest BCUT2D eigenvalue weighted by Crippen LogP contribution is 2.23. The number of benzene rings is 1. The van der Waals surface area contributed by atoms with E-state index in [-0.39, 0.29) is 11.2 Å². The van der Waals surface area contributed by atoms with Crippen LogP contribution in [0.2, 0.25) is 0 Å². The summed E-state index contributed by atoms with van der Waals surface area (Å²) in [5.74, 6) is 0.943. The van der Waals surface area contributed by atoms with Crippen LogP contribution in [0.1, 0.15) is 50.5 Å². The topological polar surface area (TPSA) is 71.3 Å². The summed E-state index contributed by atoms with van der Waals surface area (Å²) in [6.07, 6.45) is 3.44. The molecule has 1 aliphatic heterocycles. The van der Waals surface area contributed by atoms with Crippen LogP contribution in [-0.4, -0.2) is 45.9 Å². The van der Waals surface area contributed by atoms with Gasteiger partial charge in [-0.15, -0.1) is 10.2 Å². The Morgan fingerprint density at radius 2 is 2.00 bits per heavy atom. The van der Waals surface area contributed by atoms with Crippen LogP contribution in [0.4, 0.5) is 0 Å². The molecule has 1 aromatic heterocycles. The molecule has 1 aliphatic rings. The van der Waals surface area contributed by atoms with Gasteiger partial charge in [0.1, 0.15) is 0 Å². The van der Waals surface area contributed by atoms with Crippen LogP contribution in [0.5, 0.6) is 0 Å². The average Bonchev–Trinajstić information content (AvgIpc) is 3.35. The quantitative estimate of drug-likeness (QED) is 0.664. The Bertz CT molecular complexity index is 716. The fourth-order valence-corrected chi connectivity index (χ4v) is 4.00. The van der Waals surface area contributed by atoms with Gasteiger partial charge >= 0.3 is 0 Å². The number of rotatable bonds is 9. The molecule has 0 radical (unpaired) electrons. The van der Waals surface area contributed by atoms with E-state index in [1.165, 1.54) is 30.2 Å². The minimum atomic E-state index is -0.279. The van der Waals surface area contributed by atoms with Crippen molar-refractivity contribution in [3.8, 4) is 0 Å². The van der Waals surface area contributed by atoms with E-state index in [9.17, 15) is 4.79 Å². The summed E-state index contributed by atoms with van der Waals surface area (Å²) < 4.78 is 5.70. The lowest BCUT2D eigenvalue weighted by atomic mass is 9.96. The number of amides is 1. The molecule has 2 heterocycles. The van der Waals surface area contributed by atoms with Gasteiger partial charge in [0.25, 0.3) is 5.22 Å². The third-order valence-corrected chi connectivity index (χ3v) is 5.87. The maximum absolute atomic E-state index is 12.5. The fraction of sp³-hybridized carbons (Fsp3) is 0.550. The molecule has 146 valence electrons. The molecule has 0 bridgehead atoms. The van der Waals surface area contributed by atoms with Crippen LogP contribution in [0.3, 0.4) is 0 Å². The molecule has 0 saturated carbocycles. The van der Waals surface area contributed by atoms with Gasteiger partial charge in [-0.25, -0.2) is 0 Å². The van der Waals surface area contributed by atoms with Crippen LogP contribution in [0, 0.1) is 0 Å². The molecule has 0 aliphatic carbocycles. The molecule has 27 heavy (non-hydrogen) atoms. The first-order chi connectivity index (χ1) is 13.2. The first-order valence-corrected chi connectivity index (χ1v) is 10.6. The number of hydrogen-bond donors (Lipinski definition) is 1. The molecule has 1 saturated heterocycles. The zero-order valence-electron chi connectivity index (χ0n) is 16.1. The molecule has 0 unspecified atom stereocenters. The van der Waals surface area contributed by atoms with E-state index in [2.05, 4.69) is 39.5 Å². The van der Waals surface area contributed by atoms with Crippen LogP contribution in [-0.2, 0) is 11.3 Å². The van der Waals surface area contributed by atoms with Gasteiger partial charge in [-0.3, -0.25) is 9.69 Å². The molecule has 1 fully saturated rings. The molecule has 6 nitrogen and oxygen atoms in total. The standard InChI is InChI=1S/C20H28N4O2S/c1-3-16(17-9-5-4-6-10-17)13-21-19(25)15(2)27-20-23-22-18(26-20)14-24-11-7-8-12-24/h4-6,9-10,15-16H,3,7-8,11-14H2,1-2H3,(H,21,25)/t15-,16+/m1/s1. The Hall–Kier alpha value is -1.86. The van der Waals surface area contributed by atoms with Gasteiger partial charge in [-0.2, -0.15) is 0 Å². The number of aromatic nitrogens is 2. The molecule has 1 N–H and O–H groups in total. The van der Waals surface area contributed by atoms with Gasteiger partial charge < -0.3 is 9.73 Å². The smallest absolute Gasteiger partial charge is 0.277 e. The van der Waals surface area contributed by atoms with Crippen molar-refractivity contribution in [3.05, 3.63) is 41.8 Å². The summed E-state index contributed by atoms with van der Waals surface area (Å²) in [5, 5.41) is 11.4. The van der Waals surface area contributed by atoms with E-state index in [0.717, 1.165) is 19.5 Å². The fourth-order valence-electron chi connectivity index (χ4n) is 3.28. The van der Waals surface area contributed by atoms with Crippen molar-refractivity contribution < 1.29 is 9.21 Å². The Kier molecular flexibility index (Phi) is 7.29. The first kappa shape index (κ1) is 19.9. The van der Waals surface area contributed by atoms with E-state index in [1.807, 2.05) is 25.1 Å². The largest absolute Gasteiger partial charge is 0.415 e. The zero-order chi connectivity index (χ0) is 19.1. The lowest BCUT2D eigenvalue weighted by molar-refractivity contribution is -0.120. The lowest BCUT2D eigenvalue weighted by Gasteiger charge is -2.17. The predicted molar refractivity (Wildman–Crippen MR) is 107 cm³/mol. The number of carbonyl (C=O) groups is 1. The minimum absolute atomic E-state index is 0.00586. The second-order valence-corrected chi connectivity index (χ2v) is 8.26. The molecule has 1 amide bonds. The summed E-state index contributed by atoms with van der Waals surface area (Å²) in [7, 11) is 0.